The maximum atomic E-state index is 13.8. The Bertz CT molecular complexity index is 1180. The number of hydrogen-bond donors (Lipinski definition) is 2. The van der Waals surface area contributed by atoms with Gasteiger partial charge in [0, 0.05) is 0 Å². The molecule has 1 amide bonds. The Hall–Kier alpha value is -2.87. The van der Waals surface area contributed by atoms with Gasteiger partial charge in [0.05, 0.1) is 17.9 Å². The molecular weight excluding hydrogens is 557 g/mol. The van der Waals surface area contributed by atoms with E-state index < -0.39 is 47.4 Å². The number of methoxy groups -OCH3 is 1. The van der Waals surface area contributed by atoms with Crippen molar-refractivity contribution in [2.75, 3.05) is 13.7 Å². The van der Waals surface area contributed by atoms with E-state index in [1.54, 1.807) is 12.1 Å². The number of thiocarbonyl (C=S) groups is 1. The molecule has 0 spiro atoms. The van der Waals surface area contributed by atoms with Crippen LogP contribution in [0.2, 0.25) is 0 Å². The Labute approximate surface area is 225 Å². The largest absolute Gasteiger partial charge is 0.480 e. The van der Waals surface area contributed by atoms with Crippen LogP contribution in [0, 0.1) is 0 Å². The molecule has 2 aromatic carbocycles. The number of halogens is 4. The zero-order valence-corrected chi connectivity index (χ0v) is 21.6. The van der Waals surface area contributed by atoms with Crippen molar-refractivity contribution >= 4 is 58.6 Å². The summed E-state index contributed by atoms with van der Waals surface area (Å²) < 4.78 is 51.6. The number of ether oxygens (including phenoxy) is 2. The lowest BCUT2D eigenvalue weighted by atomic mass is 10.0. The minimum Gasteiger partial charge on any atom is -0.480 e. The number of nitrogens with zero attached hydrogens (tertiary/aromatic N) is 1. The summed E-state index contributed by atoms with van der Waals surface area (Å²) in [5.41, 5.74) is 5.31. The van der Waals surface area contributed by atoms with Gasteiger partial charge in [0.1, 0.15) is 28.4 Å². The van der Waals surface area contributed by atoms with Crippen molar-refractivity contribution in [1.82, 2.24) is 4.90 Å². The average molecular weight is 579 g/mol. The molecule has 1 saturated heterocycles. The molecule has 0 radical (unpaired) electrons. The molecule has 37 heavy (non-hydrogen) atoms. The number of alkyl halides is 3. The van der Waals surface area contributed by atoms with Gasteiger partial charge in [-0.1, -0.05) is 42.2 Å². The molecule has 2 aromatic rings. The number of rotatable bonds is 9. The van der Waals surface area contributed by atoms with Crippen LogP contribution in [0.25, 0.3) is 0 Å². The molecule has 200 valence electrons. The number of carbonyl (C=O) groups is 3. The highest BCUT2D eigenvalue weighted by molar-refractivity contribution is 8.24. The molecule has 1 aliphatic heterocycles. The minimum atomic E-state index is -4.73. The van der Waals surface area contributed by atoms with E-state index in [9.17, 15) is 27.6 Å². The Morgan fingerprint density at radius 1 is 1.19 bits per heavy atom. The predicted molar refractivity (Wildman–Crippen MR) is 136 cm³/mol. The number of thioether (sulfide) groups is 1. The average Bonchev–Trinajstić information content (AvgIpc) is 3.07. The summed E-state index contributed by atoms with van der Waals surface area (Å²) in [7, 11) is 1.23. The number of aliphatic carboxylic acids is 1. The summed E-state index contributed by atoms with van der Waals surface area (Å²) in [4.78, 5) is 35.8. The van der Waals surface area contributed by atoms with Crippen LogP contribution in [0.1, 0.15) is 16.7 Å². The Morgan fingerprint density at radius 3 is 2.38 bits per heavy atom. The fourth-order valence-corrected chi connectivity index (χ4v) is 5.00. The van der Waals surface area contributed by atoms with Crippen LogP contribution >= 0.6 is 36.4 Å². The fraction of sp³-hybridized carbons (Fsp3) is 0.304. The van der Waals surface area contributed by atoms with Crippen LogP contribution in [0.3, 0.4) is 0 Å². The first-order valence-corrected chi connectivity index (χ1v) is 11.7. The highest BCUT2D eigenvalue weighted by atomic mass is 35.5. The molecule has 1 unspecified atom stereocenters. The predicted octanol–water partition coefficient (Wildman–Crippen LogP) is 3.82. The number of carboxylic acids is 1. The van der Waals surface area contributed by atoms with E-state index in [4.69, 9.17) is 27.8 Å². The van der Waals surface area contributed by atoms with Gasteiger partial charge in [-0.05, 0) is 48.2 Å². The topological polar surface area (TPSA) is 119 Å². The summed E-state index contributed by atoms with van der Waals surface area (Å²) >= 11 is 5.87. The third kappa shape index (κ3) is 7.81. The van der Waals surface area contributed by atoms with E-state index in [-0.39, 0.29) is 46.6 Å². The molecule has 8 nitrogen and oxygen atoms in total. The lowest BCUT2D eigenvalue weighted by molar-refractivity contribution is -0.142. The molecule has 1 fully saturated rings. The number of esters is 1. The number of benzene rings is 2. The molecular formula is C23H22ClF3N2O6S2. The number of nitrogens with two attached hydrogens (primary N) is 1. The SMILES string of the molecule is COC(=O)[C@@H](N)Cc1ccc(Oc2ccc(CC3SC(=S)N(CC(=O)O)C3=O)c(C(F)(F)F)c2)cc1.Cl. The highest BCUT2D eigenvalue weighted by Gasteiger charge is 2.40. The molecule has 0 aromatic heterocycles. The first-order chi connectivity index (χ1) is 16.9. The Kier molecular flexibility index (Phi) is 10.3. The third-order valence-corrected chi connectivity index (χ3v) is 6.79. The van der Waals surface area contributed by atoms with Crippen molar-refractivity contribution in [3.8, 4) is 11.5 Å². The van der Waals surface area contributed by atoms with Gasteiger partial charge in [-0.25, -0.2) is 0 Å². The van der Waals surface area contributed by atoms with E-state index in [0.717, 1.165) is 22.7 Å². The molecule has 3 N–H and O–H groups in total. The smallest absolute Gasteiger partial charge is 0.416 e. The number of carbonyl (C=O) groups excluding carboxylic acids is 2. The monoisotopic (exact) mass is 578 g/mol. The van der Waals surface area contributed by atoms with Crippen LogP contribution in [0.5, 0.6) is 11.5 Å². The summed E-state index contributed by atoms with van der Waals surface area (Å²) in [6.45, 7) is -0.645. The second-order valence-corrected chi connectivity index (χ2v) is 9.63. The van der Waals surface area contributed by atoms with E-state index >= 15 is 0 Å². The Balaban J connectivity index is 0.00000481. The second kappa shape index (κ2) is 12.6. The molecule has 0 aliphatic carbocycles. The van der Waals surface area contributed by atoms with E-state index in [1.807, 2.05) is 0 Å². The van der Waals surface area contributed by atoms with Crippen molar-refractivity contribution in [2.45, 2.75) is 30.3 Å². The van der Waals surface area contributed by atoms with Crippen LogP contribution in [-0.2, 0) is 38.1 Å². The zero-order valence-electron chi connectivity index (χ0n) is 19.2. The molecule has 0 saturated carbocycles. The van der Waals surface area contributed by atoms with Crippen molar-refractivity contribution in [2.24, 2.45) is 5.73 Å². The third-order valence-electron chi connectivity index (χ3n) is 5.21. The van der Waals surface area contributed by atoms with Crippen LogP contribution in [0.4, 0.5) is 13.2 Å². The summed E-state index contributed by atoms with van der Waals surface area (Å²) in [5, 5.41) is 7.96. The van der Waals surface area contributed by atoms with Gasteiger partial charge < -0.3 is 20.3 Å². The van der Waals surface area contributed by atoms with E-state index in [1.165, 1.54) is 31.4 Å². The first kappa shape index (κ1) is 30.4. The lowest BCUT2D eigenvalue weighted by Gasteiger charge is -2.17. The molecule has 2 atom stereocenters. The first-order valence-electron chi connectivity index (χ1n) is 10.4. The summed E-state index contributed by atoms with van der Waals surface area (Å²) in [6, 6.07) is 8.89. The van der Waals surface area contributed by atoms with Crippen LogP contribution in [0.15, 0.2) is 42.5 Å². The molecule has 3 rings (SSSR count). The quantitative estimate of drug-likeness (QED) is 0.338. The van der Waals surface area contributed by atoms with E-state index in [2.05, 4.69) is 4.74 Å². The summed E-state index contributed by atoms with van der Waals surface area (Å²) in [6.07, 6.45) is -4.80. The maximum Gasteiger partial charge on any atom is 0.416 e. The van der Waals surface area contributed by atoms with Gasteiger partial charge in [-0.2, -0.15) is 13.2 Å². The van der Waals surface area contributed by atoms with Gasteiger partial charge >= 0.3 is 18.1 Å². The molecule has 1 aliphatic rings. The minimum absolute atomic E-state index is 0. The number of hydrogen-bond acceptors (Lipinski definition) is 8. The Morgan fingerprint density at radius 2 is 1.81 bits per heavy atom. The van der Waals surface area contributed by atoms with Gasteiger partial charge in [0.15, 0.2) is 0 Å². The molecule has 1 heterocycles. The van der Waals surface area contributed by atoms with Crippen molar-refractivity contribution in [3.63, 3.8) is 0 Å². The normalized spacial score (nSPS) is 16.2. The van der Waals surface area contributed by atoms with Crippen molar-refractivity contribution in [1.29, 1.82) is 0 Å². The molecule has 14 heteroatoms. The standard InChI is InChI=1S/C23H21F3N2O6S2.ClH/c1-33-21(32)17(27)8-12-2-5-14(6-3-12)34-15-7-4-13(16(10-15)23(24,25)26)9-18-20(31)28(11-19(29)30)22(35)36-18;/h2-7,10,17-18H,8-9,11,27H2,1H3,(H,29,30);1H/t17-,18?;/m0./s1. The van der Waals surface area contributed by atoms with Crippen molar-refractivity contribution in [3.05, 3.63) is 59.2 Å². The maximum absolute atomic E-state index is 13.8. The number of carboxylic acid groups (broad SMARTS) is 1. The van der Waals surface area contributed by atoms with Crippen LogP contribution < -0.4 is 10.5 Å². The fourth-order valence-electron chi connectivity index (χ4n) is 3.49. The molecule has 0 bridgehead atoms. The van der Waals surface area contributed by atoms with Gasteiger partial charge in [0.25, 0.3) is 0 Å². The zero-order chi connectivity index (χ0) is 26.6. The second-order valence-electron chi connectivity index (χ2n) is 7.79. The summed E-state index contributed by atoms with van der Waals surface area (Å²) in [5.74, 6) is -2.29. The van der Waals surface area contributed by atoms with Gasteiger partial charge in [-0.3, -0.25) is 19.3 Å². The van der Waals surface area contributed by atoms with Gasteiger partial charge in [-0.15, -0.1) is 12.4 Å². The van der Waals surface area contributed by atoms with Gasteiger partial charge in [0.2, 0.25) is 5.91 Å². The van der Waals surface area contributed by atoms with E-state index in [0.29, 0.717) is 5.56 Å². The van der Waals surface area contributed by atoms with Crippen LogP contribution in [-0.4, -0.2) is 57.1 Å². The van der Waals surface area contributed by atoms with Crippen molar-refractivity contribution < 1.29 is 42.1 Å². The highest BCUT2D eigenvalue weighted by Crippen LogP contribution is 2.38. The number of amides is 1. The lowest BCUT2D eigenvalue weighted by Crippen LogP contribution is -2.36.